The van der Waals surface area contributed by atoms with Crippen LogP contribution >= 0.6 is 11.6 Å². The second-order valence-corrected chi connectivity index (χ2v) is 7.27. The van der Waals surface area contributed by atoms with Gasteiger partial charge in [0, 0.05) is 18.9 Å². The van der Waals surface area contributed by atoms with E-state index in [-0.39, 0.29) is 35.3 Å². The van der Waals surface area contributed by atoms with Crippen molar-refractivity contribution in [3.05, 3.63) is 34.4 Å². The van der Waals surface area contributed by atoms with Gasteiger partial charge in [-0.3, -0.25) is 0 Å². The first-order valence-corrected chi connectivity index (χ1v) is 9.46. The second kappa shape index (κ2) is 8.50. The Labute approximate surface area is 164 Å². The Morgan fingerprint density at radius 3 is 2.67 bits per heavy atom. The molecule has 2 heterocycles. The van der Waals surface area contributed by atoms with Crippen molar-refractivity contribution < 1.29 is 28.8 Å². The van der Waals surface area contributed by atoms with E-state index in [0.717, 1.165) is 12.8 Å². The normalized spacial score (nSPS) is 28.4. The maximum Gasteiger partial charge on any atom is 0.342 e. The summed E-state index contributed by atoms with van der Waals surface area (Å²) in [6, 6.07) is 1.55. The van der Waals surface area contributed by atoms with Gasteiger partial charge in [-0.15, -0.1) is 0 Å². The van der Waals surface area contributed by atoms with Crippen molar-refractivity contribution in [1.29, 1.82) is 0 Å². The van der Waals surface area contributed by atoms with Crippen molar-refractivity contribution in [2.45, 2.75) is 57.0 Å². The van der Waals surface area contributed by atoms with Gasteiger partial charge in [-0.2, -0.15) is 0 Å². The summed E-state index contributed by atoms with van der Waals surface area (Å²) in [5.41, 5.74) is 0.660. The van der Waals surface area contributed by atoms with Crippen LogP contribution in [0.2, 0.25) is 5.02 Å². The van der Waals surface area contributed by atoms with Gasteiger partial charge >= 0.3 is 5.97 Å². The average molecular weight is 397 g/mol. The fraction of sp³-hybridized carbons (Fsp3) is 0.550. The van der Waals surface area contributed by atoms with Gasteiger partial charge in [0.2, 0.25) is 0 Å². The number of epoxide rings is 1. The molecule has 1 aromatic carbocycles. The lowest BCUT2D eigenvalue weighted by molar-refractivity contribution is 0.0305. The molecule has 2 aliphatic heterocycles. The highest BCUT2D eigenvalue weighted by Crippen LogP contribution is 2.39. The van der Waals surface area contributed by atoms with E-state index in [1.54, 1.807) is 12.1 Å². The number of fused-ring (bicyclic) bond motifs is 2. The van der Waals surface area contributed by atoms with Gasteiger partial charge in [0.05, 0.1) is 37.6 Å². The number of allylic oxidation sites excluding steroid dienone is 1. The number of aliphatic hydroxyl groups excluding tert-OH is 1. The molecule has 4 atom stereocenters. The zero-order valence-electron chi connectivity index (χ0n) is 15.7. The first-order chi connectivity index (χ1) is 12.9. The highest BCUT2D eigenvalue weighted by Gasteiger charge is 2.39. The number of benzene rings is 1. The zero-order chi connectivity index (χ0) is 19.6. The molecule has 3 rings (SSSR count). The minimum absolute atomic E-state index is 0.106. The molecule has 7 heteroatoms. The van der Waals surface area contributed by atoms with Crippen molar-refractivity contribution in [3.63, 3.8) is 0 Å². The fourth-order valence-electron chi connectivity index (χ4n) is 3.44. The number of cyclic esters (lactones) is 1. The maximum atomic E-state index is 12.9. The average Bonchev–Trinajstić information content (AvgIpc) is 3.36. The predicted molar refractivity (Wildman–Crippen MR) is 101 cm³/mol. The Hall–Kier alpha value is -1.76. The minimum Gasteiger partial charge on any atom is -0.496 e. The van der Waals surface area contributed by atoms with Crippen molar-refractivity contribution in [3.8, 4) is 11.5 Å². The van der Waals surface area contributed by atoms with E-state index in [1.165, 1.54) is 14.2 Å². The van der Waals surface area contributed by atoms with E-state index in [1.807, 2.05) is 13.0 Å². The molecule has 1 fully saturated rings. The topological polar surface area (TPSA) is 77.5 Å². The highest BCUT2D eigenvalue weighted by molar-refractivity contribution is 6.33. The van der Waals surface area contributed by atoms with Crippen LogP contribution < -0.4 is 9.47 Å². The van der Waals surface area contributed by atoms with Crippen LogP contribution in [0.25, 0.3) is 0 Å². The van der Waals surface area contributed by atoms with Gasteiger partial charge in [0.1, 0.15) is 23.2 Å². The molecular formula is C20H25ClO6. The van der Waals surface area contributed by atoms with Crippen molar-refractivity contribution in [2.75, 3.05) is 14.2 Å². The molecule has 0 aliphatic carbocycles. The Bertz CT molecular complexity index is 732. The first-order valence-electron chi connectivity index (χ1n) is 9.09. The third kappa shape index (κ3) is 4.57. The highest BCUT2D eigenvalue weighted by atomic mass is 35.5. The number of rotatable bonds is 2. The summed E-state index contributed by atoms with van der Waals surface area (Å²) in [6.07, 6.45) is 5.31. The minimum atomic E-state index is -0.804. The molecular weight excluding hydrogens is 372 g/mol. The van der Waals surface area contributed by atoms with E-state index < -0.39 is 12.1 Å². The van der Waals surface area contributed by atoms with Crippen LogP contribution in [0.3, 0.4) is 0 Å². The summed E-state index contributed by atoms with van der Waals surface area (Å²) in [5.74, 6) is 0.135. The second-order valence-electron chi connectivity index (χ2n) is 6.89. The van der Waals surface area contributed by atoms with E-state index in [2.05, 4.69) is 0 Å². The molecule has 6 nitrogen and oxygen atoms in total. The number of methoxy groups -OCH3 is 2. The molecule has 2 aliphatic rings. The largest absolute Gasteiger partial charge is 0.496 e. The lowest BCUT2D eigenvalue weighted by Gasteiger charge is -2.20. The van der Waals surface area contributed by atoms with Crippen LogP contribution in [0.15, 0.2) is 18.2 Å². The SMILES string of the molecule is COc1cc(OC)c2c(c1Cl)C[C@@H](O)C=CCC[C@@H]1O[C@H]1C[C@@H](C)OC2=O. The number of carbonyl (C=O) groups is 1. The molecule has 1 saturated heterocycles. The summed E-state index contributed by atoms with van der Waals surface area (Å²) in [7, 11) is 2.95. The summed E-state index contributed by atoms with van der Waals surface area (Å²) in [6.45, 7) is 1.84. The molecule has 1 N–H and O–H groups in total. The summed E-state index contributed by atoms with van der Waals surface area (Å²) < 4.78 is 21.9. The molecule has 0 amide bonds. The van der Waals surface area contributed by atoms with Crippen molar-refractivity contribution in [2.24, 2.45) is 0 Å². The smallest absolute Gasteiger partial charge is 0.342 e. The Morgan fingerprint density at radius 1 is 1.22 bits per heavy atom. The first kappa shape index (κ1) is 20.0. The molecule has 0 aromatic heterocycles. The van der Waals surface area contributed by atoms with E-state index in [4.69, 9.17) is 30.5 Å². The number of esters is 1. The molecule has 0 bridgehead atoms. The predicted octanol–water partition coefficient (Wildman–Crippen LogP) is 3.31. The maximum absolute atomic E-state index is 12.9. The zero-order valence-corrected chi connectivity index (χ0v) is 16.5. The molecule has 0 radical (unpaired) electrons. The Morgan fingerprint density at radius 2 is 1.96 bits per heavy atom. The van der Waals surface area contributed by atoms with Gasteiger partial charge in [-0.05, 0) is 25.3 Å². The summed E-state index contributed by atoms with van der Waals surface area (Å²) >= 11 is 6.46. The number of carbonyl (C=O) groups excluding carboxylic acids is 1. The van der Waals surface area contributed by atoms with Crippen LogP contribution in [0.1, 0.15) is 42.1 Å². The molecule has 1 aromatic rings. The van der Waals surface area contributed by atoms with Crippen LogP contribution in [0.5, 0.6) is 11.5 Å². The van der Waals surface area contributed by atoms with Gasteiger partial charge in [-0.25, -0.2) is 4.79 Å². The van der Waals surface area contributed by atoms with Gasteiger partial charge in [0.15, 0.2) is 0 Å². The van der Waals surface area contributed by atoms with Crippen LogP contribution in [0.4, 0.5) is 0 Å². The Balaban J connectivity index is 2.02. The van der Waals surface area contributed by atoms with Crippen molar-refractivity contribution in [1.82, 2.24) is 0 Å². The van der Waals surface area contributed by atoms with Gasteiger partial charge < -0.3 is 24.1 Å². The number of hydrogen-bond acceptors (Lipinski definition) is 6. The molecule has 0 spiro atoms. The summed E-state index contributed by atoms with van der Waals surface area (Å²) in [4.78, 5) is 12.9. The van der Waals surface area contributed by atoms with Gasteiger partial charge in [-0.1, -0.05) is 23.8 Å². The number of hydrogen-bond donors (Lipinski definition) is 1. The van der Waals surface area contributed by atoms with E-state index >= 15 is 0 Å². The van der Waals surface area contributed by atoms with Crippen molar-refractivity contribution >= 4 is 17.6 Å². The van der Waals surface area contributed by atoms with Crippen LogP contribution in [0, 0.1) is 0 Å². The monoisotopic (exact) mass is 396 g/mol. The molecule has 0 unspecified atom stereocenters. The quantitative estimate of drug-likeness (QED) is 0.469. The van der Waals surface area contributed by atoms with Crippen LogP contribution in [-0.4, -0.2) is 49.7 Å². The molecule has 27 heavy (non-hydrogen) atoms. The number of halogens is 1. The van der Waals surface area contributed by atoms with Crippen LogP contribution in [-0.2, 0) is 15.9 Å². The number of ether oxygens (including phenoxy) is 4. The third-order valence-corrected chi connectivity index (χ3v) is 5.30. The lowest BCUT2D eigenvalue weighted by atomic mass is 9.98. The molecule has 148 valence electrons. The Kier molecular flexibility index (Phi) is 6.29. The van der Waals surface area contributed by atoms with E-state index in [0.29, 0.717) is 23.5 Å². The van der Waals surface area contributed by atoms with Gasteiger partial charge in [0.25, 0.3) is 0 Å². The number of aliphatic hydroxyl groups is 1. The fourth-order valence-corrected chi connectivity index (χ4v) is 3.74. The third-order valence-electron chi connectivity index (χ3n) is 4.89. The lowest BCUT2D eigenvalue weighted by Crippen LogP contribution is -2.21. The van der Waals surface area contributed by atoms with E-state index in [9.17, 15) is 9.90 Å². The standard InChI is InChI=1S/C20H25ClO6/c1-11-8-15-14(27-15)7-5-4-6-12(22)9-13-18(20(23)26-11)16(24-2)10-17(25-3)19(13)21/h4,6,10-12,14-15,22H,5,7-9H2,1-3H3/t11-,12+,14+,15+/m1/s1. The summed E-state index contributed by atoms with van der Waals surface area (Å²) in [5, 5.41) is 10.7. The molecule has 0 saturated carbocycles.